The highest BCUT2D eigenvalue weighted by Crippen LogP contribution is 2.32. The van der Waals surface area contributed by atoms with Crippen molar-refractivity contribution < 1.29 is 4.92 Å². The number of hydrogen-bond donors (Lipinski definition) is 0. The van der Waals surface area contributed by atoms with E-state index in [-0.39, 0.29) is 16.5 Å². The van der Waals surface area contributed by atoms with E-state index < -0.39 is 0 Å². The van der Waals surface area contributed by atoms with E-state index in [9.17, 15) is 10.1 Å². The monoisotopic (exact) mass is 254 g/mol. The normalized spacial score (nSPS) is 14.7. The summed E-state index contributed by atoms with van der Waals surface area (Å²) in [5, 5.41) is 10.8. The standard InChI is InChI=1S/C12H15ClN2O2/c1-14(8-9-2-3-9)11-4-5-12(15(16)17)10(6-11)7-13/h4-6,9H,2-3,7-8H2,1H3. The molecular formula is C12H15ClN2O2. The van der Waals surface area contributed by atoms with Gasteiger partial charge < -0.3 is 4.90 Å². The Labute approximate surface area is 105 Å². The zero-order valence-corrected chi connectivity index (χ0v) is 10.5. The maximum Gasteiger partial charge on any atom is 0.273 e. The molecule has 1 saturated carbocycles. The summed E-state index contributed by atoms with van der Waals surface area (Å²) in [7, 11) is 2.01. The molecule has 0 heterocycles. The van der Waals surface area contributed by atoms with Gasteiger partial charge in [-0.3, -0.25) is 10.1 Å². The van der Waals surface area contributed by atoms with E-state index in [1.54, 1.807) is 6.07 Å². The minimum absolute atomic E-state index is 0.101. The lowest BCUT2D eigenvalue weighted by atomic mass is 10.1. The van der Waals surface area contributed by atoms with Crippen LogP contribution in [0.1, 0.15) is 18.4 Å². The molecule has 1 aliphatic rings. The van der Waals surface area contributed by atoms with Crippen LogP contribution in [-0.4, -0.2) is 18.5 Å². The summed E-state index contributed by atoms with van der Waals surface area (Å²) >= 11 is 5.75. The Morgan fingerprint density at radius 2 is 2.24 bits per heavy atom. The van der Waals surface area contributed by atoms with Gasteiger partial charge in [-0.05, 0) is 30.9 Å². The number of hydrogen-bond acceptors (Lipinski definition) is 3. The summed E-state index contributed by atoms with van der Waals surface area (Å²) < 4.78 is 0. The van der Waals surface area contributed by atoms with E-state index in [2.05, 4.69) is 4.90 Å². The van der Waals surface area contributed by atoms with Gasteiger partial charge in [0.15, 0.2) is 0 Å². The van der Waals surface area contributed by atoms with Gasteiger partial charge in [-0.25, -0.2) is 0 Å². The van der Waals surface area contributed by atoms with Crippen LogP contribution in [0, 0.1) is 16.0 Å². The van der Waals surface area contributed by atoms with Gasteiger partial charge in [-0.15, -0.1) is 11.6 Å². The average Bonchev–Trinajstić information content (AvgIpc) is 3.11. The molecule has 4 nitrogen and oxygen atoms in total. The number of benzene rings is 1. The molecule has 0 radical (unpaired) electrons. The Bertz CT molecular complexity index is 433. The lowest BCUT2D eigenvalue weighted by molar-refractivity contribution is -0.385. The topological polar surface area (TPSA) is 46.4 Å². The van der Waals surface area contributed by atoms with Crippen molar-refractivity contribution in [3.05, 3.63) is 33.9 Å². The molecule has 92 valence electrons. The van der Waals surface area contributed by atoms with Gasteiger partial charge in [0.2, 0.25) is 0 Å². The molecule has 1 aromatic carbocycles. The van der Waals surface area contributed by atoms with E-state index in [1.807, 2.05) is 13.1 Å². The first-order chi connectivity index (χ1) is 8.11. The molecule has 0 saturated heterocycles. The SMILES string of the molecule is CN(CC1CC1)c1ccc([N+](=O)[O-])c(CCl)c1. The van der Waals surface area contributed by atoms with Crippen molar-refractivity contribution in [2.45, 2.75) is 18.7 Å². The number of rotatable bonds is 5. The maximum absolute atomic E-state index is 10.8. The van der Waals surface area contributed by atoms with Gasteiger partial charge in [0.05, 0.1) is 10.8 Å². The smallest absolute Gasteiger partial charge is 0.273 e. The summed E-state index contributed by atoms with van der Waals surface area (Å²) in [6, 6.07) is 5.14. The quantitative estimate of drug-likeness (QED) is 0.461. The van der Waals surface area contributed by atoms with E-state index in [0.717, 1.165) is 18.2 Å². The third-order valence-corrected chi connectivity index (χ3v) is 3.36. The van der Waals surface area contributed by atoms with Crippen LogP contribution in [0.2, 0.25) is 0 Å². The van der Waals surface area contributed by atoms with Crippen LogP contribution in [0.5, 0.6) is 0 Å². The van der Waals surface area contributed by atoms with Crippen LogP contribution < -0.4 is 4.90 Å². The molecule has 0 spiro atoms. The van der Waals surface area contributed by atoms with E-state index >= 15 is 0 Å². The highest BCUT2D eigenvalue weighted by molar-refractivity contribution is 6.17. The fraction of sp³-hybridized carbons (Fsp3) is 0.500. The van der Waals surface area contributed by atoms with Crippen molar-refractivity contribution in [2.24, 2.45) is 5.92 Å². The minimum atomic E-state index is -0.387. The molecule has 0 aromatic heterocycles. The molecule has 0 atom stereocenters. The zero-order valence-electron chi connectivity index (χ0n) is 9.73. The highest BCUT2D eigenvalue weighted by Gasteiger charge is 2.23. The molecule has 17 heavy (non-hydrogen) atoms. The number of alkyl halides is 1. The Balaban J connectivity index is 2.20. The number of nitrogens with zero attached hydrogens (tertiary/aromatic N) is 2. The molecule has 1 aromatic rings. The Morgan fingerprint density at radius 1 is 1.53 bits per heavy atom. The lowest BCUT2D eigenvalue weighted by Crippen LogP contribution is -2.20. The second kappa shape index (κ2) is 4.92. The predicted molar refractivity (Wildman–Crippen MR) is 68.6 cm³/mol. The summed E-state index contributed by atoms with van der Waals surface area (Å²) in [5.74, 6) is 0.955. The number of nitro groups is 1. The first kappa shape index (κ1) is 12.2. The van der Waals surface area contributed by atoms with Gasteiger partial charge in [0.25, 0.3) is 5.69 Å². The predicted octanol–water partition coefficient (Wildman–Crippen LogP) is 3.18. The van der Waals surface area contributed by atoms with E-state index in [1.165, 1.54) is 18.9 Å². The van der Waals surface area contributed by atoms with Crippen molar-refractivity contribution in [3.8, 4) is 0 Å². The minimum Gasteiger partial charge on any atom is -0.374 e. The second-order valence-corrected chi connectivity index (χ2v) is 4.79. The Morgan fingerprint density at radius 3 is 2.76 bits per heavy atom. The number of nitro benzene ring substituents is 1. The van der Waals surface area contributed by atoms with Gasteiger partial charge in [0.1, 0.15) is 0 Å². The van der Waals surface area contributed by atoms with Gasteiger partial charge in [-0.1, -0.05) is 0 Å². The van der Waals surface area contributed by atoms with Crippen LogP contribution in [-0.2, 0) is 5.88 Å². The summed E-state index contributed by atoms with van der Waals surface area (Å²) in [6.07, 6.45) is 2.58. The van der Waals surface area contributed by atoms with E-state index in [4.69, 9.17) is 11.6 Å². The van der Waals surface area contributed by atoms with Gasteiger partial charge in [-0.2, -0.15) is 0 Å². The van der Waals surface area contributed by atoms with Crippen LogP contribution in [0.3, 0.4) is 0 Å². The van der Waals surface area contributed by atoms with Crippen molar-refractivity contribution >= 4 is 23.0 Å². The lowest BCUT2D eigenvalue weighted by Gasteiger charge is -2.19. The molecular weight excluding hydrogens is 240 g/mol. The third-order valence-electron chi connectivity index (χ3n) is 3.07. The van der Waals surface area contributed by atoms with Crippen LogP contribution >= 0.6 is 11.6 Å². The summed E-state index contributed by atoms with van der Waals surface area (Å²) in [5.41, 5.74) is 1.68. The summed E-state index contributed by atoms with van der Waals surface area (Å²) in [4.78, 5) is 12.5. The molecule has 2 rings (SSSR count). The number of anilines is 1. The molecule has 0 unspecified atom stereocenters. The molecule has 0 bridgehead atoms. The van der Waals surface area contributed by atoms with Crippen molar-refractivity contribution in [2.75, 3.05) is 18.5 Å². The molecule has 0 N–H and O–H groups in total. The van der Waals surface area contributed by atoms with Crippen molar-refractivity contribution in [1.82, 2.24) is 0 Å². The molecule has 1 fully saturated rings. The van der Waals surface area contributed by atoms with Gasteiger partial charge in [0, 0.05) is 30.9 Å². The Hall–Kier alpha value is -1.29. The van der Waals surface area contributed by atoms with Crippen molar-refractivity contribution in [1.29, 1.82) is 0 Å². The average molecular weight is 255 g/mol. The van der Waals surface area contributed by atoms with E-state index in [0.29, 0.717) is 5.56 Å². The fourth-order valence-electron chi connectivity index (χ4n) is 1.89. The molecule has 0 amide bonds. The third kappa shape index (κ3) is 2.88. The maximum atomic E-state index is 10.8. The van der Waals surface area contributed by atoms with Crippen LogP contribution in [0.25, 0.3) is 0 Å². The van der Waals surface area contributed by atoms with Crippen LogP contribution in [0.15, 0.2) is 18.2 Å². The molecule has 1 aliphatic carbocycles. The zero-order chi connectivity index (χ0) is 12.4. The largest absolute Gasteiger partial charge is 0.374 e. The first-order valence-corrected chi connectivity index (χ1v) is 6.19. The second-order valence-electron chi connectivity index (χ2n) is 4.53. The van der Waals surface area contributed by atoms with Gasteiger partial charge >= 0.3 is 0 Å². The number of halogens is 1. The fourth-order valence-corrected chi connectivity index (χ4v) is 2.10. The Kier molecular flexibility index (Phi) is 3.52. The highest BCUT2D eigenvalue weighted by atomic mass is 35.5. The first-order valence-electron chi connectivity index (χ1n) is 5.66. The molecule has 5 heteroatoms. The summed E-state index contributed by atoms with van der Waals surface area (Å²) in [6.45, 7) is 1.01. The van der Waals surface area contributed by atoms with Crippen molar-refractivity contribution in [3.63, 3.8) is 0 Å². The van der Waals surface area contributed by atoms with Crippen LogP contribution in [0.4, 0.5) is 11.4 Å². The molecule has 0 aliphatic heterocycles.